The van der Waals surface area contributed by atoms with Gasteiger partial charge in [-0.1, -0.05) is 0 Å². The van der Waals surface area contributed by atoms with Crippen LogP contribution in [0.5, 0.6) is 5.75 Å². The van der Waals surface area contributed by atoms with Crippen LogP contribution in [-0.4, -0.2) is 23.5 Å². The molecule has 1 heterocycles. The molecule has 0 radical (unpaired) electrons. The highest BCUT2D eigenvalue weighted by Crippen LogP contribution is 2.17. The highest BCUT2D eigenvalue weighted by molar-refractivity contribution is 7.09. The summed E-state index contributed by atoms with van der Waals surface area (Å²) in [5.41, 5.74) is 5.72. The van der Waals surface area contributed by atoms with Crippen molar-refractivity contribution in [2.75, 3.05) is 6.61 Å². The average Bonchev–Trinajstić information content (AvgIpc) is 2.95. The van der Waals surface area contributed by atoms with Crippen LogP contribution in [0.2, 0.25) is 0 Å². The fourth-order valence-electron chi connectivity index (χ4n) is 1.66. The van der Waals surface area contributed by atoms with E-state index in [1.807, 2.05) is 0 Å². The van der Waals surface area contributed by atoms with Crippen molar-refractivity contribution in [1.82, 2.24) is 10.3 Å². The number of benzene rings is 1. The molecule has 118 valence electrons. The fraction of sp³-hybridized carbons (Fsp3) is 0.286. The topological polar surface area (TPSA) is 77.2 Å². The number of amides is 1. The number of nitrogens with two attached hydrogens (primary N) is 1. The molecule has 5 nitrogen and oxygen atoms in total. The number of aromatic nitrogens is 1. The van der Waals surface area contributed by atoms with Crippen LogP contribution >= 0.6 is 11.3 Å². The number of carbonyl (C=O) groups is 1. The predicted octanol–water partition coefficient (Wildman–Crippen LogP) is 2.08. The summed E-state index contributed by atoms with van der Waals surface area (Å²) in [6.07, 6.45) is 0. The molecule has 8 heteroatoms. The molecule has 1 atom stereocenters. The van der Waals surface area contributed by atoms with Gasteiger partial charge in [0.2, 0.25) is 0 Å². The minimum absolute atomic E-state index is 0.0438. The lowest BCUT2D eigenvalue weighted by Gasteiger charge is -2.14. The Hall–Kier alpha value is -2.06. The Morgan fingerprint density at radius 3 is 2.91 bits per heavy atom. The molecule has 0 saturated heterocycles. The molecule has 0 aliphatic carbocycles. The number of carbonyl (C=O) groups excluding carboxylic acids is 1. The number of hydrogen-bond acceptors (Lipinski definition) is 5. The molecule has 2 rings (SSSR count). The Labute approximate surface area is 130 Å². The van der Waals surface area contributed by atoms with E-state index in [1.165, 1.54) is 17.4 Å². The van der Waals surface area contributed by atoms with Crippen molar-refractivity contribution in [3.05, 3.63) is 45.9 Å². The Bertz CT molecular complexity index is 663. The number of rotatable bonds is 6. The Morgan fingerprint density at radius 2 is 2.27 bits per heavy atom. The van der Waals surface area contributed by atoms with E-state index >= 15 is 0 Å². The minimum atomic E-state index is -0.786. The van der Waals surface area contributed by atoms with Crippen LogP contribution in [0.25, 0.3) is 0 Å². The lowest BCUT2D eigenvalue weighted by Crippen LogP contribution is -2.37. The van der Waals surface area contributed by atoms with Gasteiger partial charge < -0.3 is 15.8 Å². The van der Waals surface area contributed by atoms with Gasteiger partial charge in [0.1, 0.15) is 23.1 Å². The second-order valence-electron chi connectivity index (χ2n) is 4.59. The molecule has 0 fully saturated rings. The van der Waals surface area contributed by atoms with E-state index < -0.39 is 11.6 Å². The van der Waals surface area contributed by atoms with Gasteiger partial charge in [-0.3, -0.25) is 4.79 Å². The van der Waals surface area contributed by atoms with E-state index in [-0.39, 0.29) is 36.5 Å². The van der Waals surface area contributed by atoms with Crippen LogP contribution in [0, 0.1) is 11.6 Å². The quantitative estimate of drug-likeness (QED) is 0.851. The highest BCUT2D eigenvalue weighted by atomic mass is 32.1. The van der Waals surface area contributed by atoms with Crippen molar-refractivity contribution in [1.29, 1.82) is 0 Å². The smallest absolute Gasteiger partial charge is 0.271 e. The monoisotopic (exact) mass is 327 g/mol. The third-order valence-corrected chi connectivity index (χ3v) is 3.59. The second-order valence-corrected chi connectivity index (χ2v) is 5.53. The fourth-order valence-corrected chi connectivity index (χ4v) is 2.31. The molecule has 2 aromatic rings. The second kappa shape index (κ2) is 7.28. The van der Waals surface area contributed by atoms with Gasteiger partial charge in [0.25, 0.3) is 5.91 Å². The molecule has 1 aromatic carbocycles. The van der Waals surface area contributed by atoms with Crippen molar-refractivity contribution in [3.63, 3.8) is 0 Å². The van der Waals surface area contributed by atoms with E-state index in [1.54, 1.807) is 12.3 Å². The first-order valence-corrected chi connectivity index (χ1v) is 7.40. The molecule has 0 spiro atoms. The first-order chi connectivity index (χ1) is 10.5. The van der Waals surface area contributed by atoms with Gasteiger partial charge in [0, 0.05) is 18.0 Å². The molecule has 22 heavy (non-hydrogen) atoms. The molecule has 1 amide bonds. The Kier molecular flexibility index (Phi) is 5.40. The zero-order valence-corrected chi connectivity index (χ0v) is 12.6. The summed E-state index contributed by atoms with van der Waals surface area (Å²) in [7, 11) is 0. The third-order valence-electron chi connectivity index (χ3n) is 2.72. The van der Waals surface area contributed by atoms with Crippen LogP contribution in [0.15, 0.2) is 23.6 Å². The normalized spacial score (nSPS) is 12.0. The standard InChI is InChI=1S/C14H15F2N3O2S/c1-8(6-21-12-3-2-9(15)4-10(12)16)18-14(20)11-7-22-13(5-17)19-11/h2-4,7-8H,5-6,17H2,1H3,(H,18,20). The zero-order valence-electron chi connectivity index (χ0n) is 11.8. The maximum Gasteiger partial charge on any atom is 0.271 e. The average molecular weight is 327 g/mol. The molecule has 1 aromatic heterocycles. The number of nitrogens with one attached hydrogen (secondary N) is 1. The minimum Gasteiger partial charge on any atom is -0.488 e. The summed E-state index contributed by atoms with van der Waals surface area (Å²) in [5, 5.41) is 4.96. The molecule has 0 aliphatic rings. The van der Waals surface area contributed by atoms with Gasteiger partial charge in [0.05, 0.1) is 6.04 Å². The molecular weight excluding hydrogens is 312 g/mol. The van der Waals surface area contributed by atoms with Gasteiger partial charge in [0.15, 0.2) is 11.6 Å². The van der Waals surface area contributed by atoms with Crippen molar-refractivity contribution < 1.29 is 18.3 Å². The number of halogens is 2. The predicted molar refractivity (Wildman–Crippen MR) is 78.8 cm³/mol. The van der Waals surface area contributed by atoms with Gasteiger partial charge in [-0.15, -0.1) is 11.3 Å². The van der Waals surface area contributed by atoms with Gasteiger partial charge in [-0.05, 0) is 19.1 Å². The first-order valence-electron chi connectivity index (χ1n) is 6.52. The Balaban J connectivity index is 1.87. The summed E-state index contributed by atoms with van der Waals surface area (Å²) in [6, 6.07) is 2.67. The summed E-state index contributed by atoms with van der Waals surface area (Å²) in [5.74, 6) is -1.88. The lowest BCUT2D eigenvalue weighted by atomic mass is 10.3. The van der Waals surface area contributed by atoms with E-state index in [9.17, 15) is 13.6 Å². The van der Waals surface area contributed by atoms with Crippen LogP contribution in [0.4, 0.5) is 8.78 Å². The van der Waals surface area contributed by atoms with Crippen molar-refractivity contribution in [3.8, 4) is 5.75 Å². The van der Waals surface area contributed by atoms with Crippen molar-refractivity contribution in [2.45, 2.75) is 19.5 Å². The molecule has 0 bridgehead atoms. The SMILES string of the molecule is CC(COc1ccc(F)cc1F)NC(=O)c1csc(CN)n1. The van der Waals surface area contributed by atoms with Crippen LogP contribution in [0.1, 0.15) is 22.4 Å². The molecule has 0 saturated carbocycles. The Morgan fingerprint density at radius 1 is 1.50 bits per heavy atom. The van der Waals surface area contributed by atoms with Crippen LogP contribution in [-0.2, 0) is 6.54 Å². The maximum atomic E-state index is 13.4. The van der Waals surface area contributed by atoms with Crippen LogP contribution < -0.4 is 15.8 Å². The van der Waals surface area contributed by atoms with Crippen molar-refractivity contribution >= 4 is 17.2 Å². The number of nitrogens with zero attached hydrogens (tertiary/aromatic N) is 1. The van der Waals surface area contributed by atoms with Gasteiger partial charge >= 0.3 is 0 Å². The first kappa shape index (κ1) is 16.3. The molecule has 1 unspecified atom stereocenters. The summed E-state index contributed by atoms with van der Waals surface area (Å²) < 4.78 is 31.4. The third kappa shape index (κ3) is 4.22. The van der Waals surface area contributed by atoms with Gasteiger partial charge in [-0.2, -0.15) is 0 Å². The van der Waals surface area contributed by atoms with E-state index in [0.717, 1.165) is 12.1 Å². The molecular formula is C14H15F2N3O2S. The van der Waals surface area contributed by atoms with Crippen LogP contribution in [0.3, 0.4) is 0 Å². The largest absolute Gasteiger partial charge is 0.488 e. The zero-order chi connectivity index (χ0) is 16.1. The summed E-state index contributed by atoms with van der Waals surface area (Å²) >= 11 is 1.31. The van der Waals surface area contributed by atoms with E-state index in [2.05, 4.69) is 10.3 Å². The lowest BCUT2D eigenvalue weighted by molar-refractivity contribution is 0.0921. The highest BCUT2D eigenvalue weighted by Gasteiger charge is 2.14. The van der Waals surface area contributed by atoms with Crippen molar-refractivity contribution in [2.24, 2.45) is 5.73 Å². The van der Waals surface area contributed by atoms with E-state index in [0.29, 0.717) is 5.01 Å². The summed E-state index contributed by atoms with van der Waals surface area (Å²) in [6.45, 7) is 2.03. The molecule has 3 N–H and O–H groups in total. The maximum absolute atomic E-state index is 13.4. The number of thiazole rings is 1. The number of ether oxygens (including phenoxy) is 1. The molecule has 0 aliphatic heterocycles. The summed E-state index contributed by atoms with van der Waals surface area (Å²) in [4.78, 5) is 16.0. The van der Waals surface area contributed by atoms with Gasteiger partial charge in [-0.25, -0.2) is 13.8 Å². The number of hydrogen-bond donors (Lipinski definition) is 2. The van der Waals surface area contributed by atoms with E-state index in [4.69, 9.17) is 10.5 Å².